The summed E-state index contributed by atoms with van der Waals surface area (Å²) < 4.78 is 5.17. The third-order valence-electron chi connectivity index (χ3n) is 3.31. The van der Waals surface area contributed by atoms with E-state index in [1.165, 1.54) is 5.57 Å². The zero-order chi connectivity index (χ0) is 13.5. The van der Waals surface area contributed by atoms with Crippen molar-refractivity contribution in [1.82, 2.24) is 10.3 Å². The predicted octanol–water partition coefficient (Wildman–Crippen LogP) is 1.97. The number of anilines is 1. The maximum Gasteiger partial charge on any atom is 0.129 e. The summed E-state index contributed by atoms with van der Waals surface area (Å²) in [5.41, 5.74) is 2.49. The van der Waals surface area contributed by atoms with Gasteiger partial charge >= 0.3 is 0 Å². The SMILES string of the molecule is CCNCc1cccc(N2CC=C(COC)CC2)n1. The van der Waals surface area contributed by atoms with E-state index in [1.54, 1.807) is 7.11 Å². The highest BCUT2D eigenvalue weighted by atomic mass is 16.5. The molecule has 1 aromatic heterocycles. The number of ether oxygens (including phenoxy) is 1. The number of hydrogen-bond donors (Lipinski definition) is 1. The Morgan fingerprint density at radius 1 is 1.42 bits per heavy atom. The molecular weight excluding hydrogens is 238 g/mol. The van der Waals surface area contributed by atoms with Crippen molar-refractivity contribution >= 4 is 5.82 Å². The summed E-state index contributed by atoms with van der Waals surface area (Å²) in [6.45, 7) is 6.61. The Kier molecular flexibility index (Phi) is 5.36. The molecule has 19 heavy (non-hydrogen) atoms. The van der Waals surface area contributed by atoms with Gasteiger partial charge in [-0.05, 0) is 30.7 Å². The first kappa shape index (κ1) is 14.0. The van der Waals surface area contributed by atoms with Crippen LogP contribution in [-0.2, 0) is 11.3 Å². The van der Waals surface area contributed by atoms with Gasteiger partial charge in [-0.15, -0.1) is 0 Å². The largest absolute Gasteiger partial charge is 0.380 e. The molecule has 0 unspecified atom stereocenters. The number of rotatable bonds is 6. The van der Waals surface area contributed by atoms with Crippen LogP contribution in [0.4, 0.5) is 5.82 Å². The molecule has 1 aliphatic rings. The van der Waals surface area contributed by atoms with Crippen LogP contribution in [-0.4, -0.2) is 38.3 Å². The minimum absolute atomic E-state index is 0.752. The molecule has 1 aliphatic heterocycles. The first-order chi connectivity index (χ1) is 9.33. The minimum Gasteiger partial charge on any atom is -0.380 e. The van der Waals surface area contributed by atoms with Gasteiger partial charge in [-0.3, -0.25) is 0 Å². The van der Waals surface area contributed by atoms with E-state index in [4.69, 9.17) is 9.72 Å². The van der Waals surface area contributed by atoms with Gasteiger partial charge in [0, 0.05) is 26.7 Å². The molecule has 4 nitrogen and oxygen atoms in total. The van der Waals surface area contributed by atoms with Gasteiger partial charge < -0.3 is 15.0 Å². The average Bonchev–Trinajstić information content (AvgIpc) is 2.46. The fraction of sp³-hybridized carbons (Fsp3) is 0.533. The molecular formula is C15H23N3O. The predicted molar refractivity (Wildman–Crippen MR) is 78.4 cm³/mol. The maximum absolute atomic E-state index is 5.17. The lowest BCUT2D eigenvalue weighted by Gasteiger charge is -2.27. The van der Waals surface area contributed by atoms with Crippen molar-refractivity contribution in [3.8, 4) is 0 Å². The summed E-state index contributed by atoms with van der Waals surface area (Å²) >= 11 is 0. The van der Waals surface area contributed by atoms with Crippen LogP contribution in [0.3, 0.4) is 0 Å². The first-order valence-electron chi connectivity index (χ1n) is 6.92. The Bertz CT molecular complexity index is 431. The highest BCUT2D eigenvalue weighted by molar-refractivity contribution is 5.42. The highest BCUT2D eigenvalue weighted by Gasteiger charge is 2.13. The molecule has 0 radical (unpaired) electrons. The molecule has 2 rings (SSSR count). The maximum atomic E-state index is 5.17. The molecule has 2 heterocycles. The van der Waals surface area contributed by atoms with Gasteiger partial charge in [-0.1, -0.05) is 19.1 Å². The topological polar surface area (TPSA) is 37.4 Å². The molecule has 0 bridgehead atoms. The summed E-state index contributed by atoms with van der Waals surface area (Å²) in [5.74, 6) is 1.07. The van der Waals surface area contributed by atoms with Crippen LogP contribution in [0.15, 0.2) is 29.8 Å². The van der Waals surface area contributed by atoms with Gasteiger partial charge in [-0.2, -0.15) is 0 Å². The summed E-state index contributed by atoms with van der Waals surface area (Å²) in [6, 6.07) is 6.25. The second kappa shape index (κ2) is 7.26. The Labute approximate surface area is 115 Å². The molecule has 0 fully saturated rings. The fourth-order valence-corrected chi connectivity index (χ4v) is 2.23. The van der Waals surface area contributed by atoms with E-state index in [-0.39, 0.29) is 0 Å². The van der Waals surface area contributed by atoms with E-state index in [9.17, 15) is 0 Å². The Hall–Kier alpha value is -1.39. The summed E-state index contributed by atoms with van der Waals surface area (Å²) in [4.78, 5) is 7.02. The second-order valence-electron chi connectivity index (χ2n) is 4.76. The third kappa shape index (κ3) is 4.04. The quantitative estimate of drug-likeness (QED) is 0.795. The smallest absolute Gasteiger partial charge is 0.129 e. The van der Waals surface area contributed by atoms with E-state index in [0.29, 0.717) is 0 Å². The Morgan fingerprint density at radius 2 is 2.32 bits per heavy atom. The molecule has 1 aromatic rings. The van der Waals surface area contributed by atoms with E-state index in [2.05, 4.69) is 41.4 Å². The molecule has 0 amide bonds. The third-order valence-corrected chi connectivity index (χ3v) is 3.31. The van der Waals surface area contributed by atoms with Gasteiger partial charge in [-0.25, -0.2) is 4.98 Å². The highest BCUT2D eigenvalue weighted by Crippen LogP contribution is 2.18. The standard InChI is InChI=1S/C15H23N3O/c1-3-16-11-14-5-4-6-15(17-14)18-9-7-13(8-10-18)12-19-2/h4-7,16H,3,8-12H2,1-2H3. The molecule has 0 saturated carbocycles. The summed E-state index contributed by atoms with van der Waals surface area (Å²) in [6.07, 6.45) is 3.32. The van der Waals surface area contributed by atoms with Gasteiger partial charge in [0.2, 0.25) is 0 Å². The van der Waals surface area contributed by atoms with Crippen molar-refractivity contribution in [2.75, 3.05) is 38.3 Å². The Morgan fingerprint density at radius 3 is 3.00 bits per heavy atom. The zero-order valence-electron chi connectivity index (χ0n) is 11.9. The van der Waals surface area contributed by atoms with Crippen LogP contribution >= 0.6 is 0 Å². The summed E-state index contributed by atoms with van der Waals surface area (Å²) in [5, 5.41) is 3.31. The van der Waals surface area contributed by atoms with Gasteiger partial charge in [0.15, 0.2) is 0 Å². The lowest BCUT2D eigenvalue weighted by atomic mass is 10.1. The van der Waals surface area contributed by atoms with Crippen LogP contribution in [0, 0.1) is 0 Å². The van der Waals surface area contributed by atoms with Crippen molar-refractivity contribution in [2.45, 2.75) is 19.9 Å². The van der Waals surface area contributed by atoms with Gasteiger partial charge in [0.05, 0.1) is 12.3 Å². The van der Waals surface area contributed by atoms with Crippen LogP contribution in [0.25, 0.3) is 0 Å². The van der Waals surface area contributed by atoms with E-state index in [1.807, 2.05) is 0 Å². The average molecular weight is 261 g/mol. The number of hydrogen-bond acceptors (Lipinski definition) is 4. The summed E-state index contributed by atoms with van der Waals surface area (Å²) in [7, 11) is 1.75. The molecule has 0 aliphatic carbocycles. The number of aromatic nitrogens is 1. The first-order valence-corrected chi connectivity index (χ1v) is 6.92. The lowest BCUT2D eigenvalue weighted by molar-refractivity contribution is 0.222. The van der Waals surface area contributed by atoms with E-state index >= 15 is 0 Å². The van der Waals surface area contributed by atoms with E-state index in [0.717, 1.165) is 50.7 Å². The number of methoxy groups -OCH3 is 1. The van der Waals surface area contributed by atoms with Crippen molar-refractivity contribution in [3.05, 3.63) is 35.5 Å². The monoisotopic (exact) mass is 261 g/mol. The molecule has 4 heteroatoms. The minimum atomic E-state index is 0.752. The van der Waals surface area contributed by atoms with Crippen molar-refractivity contribution < 1.29 is 4.74 Å². The molecule has 0 spiro atoms. The fourth-order valence-electron chi connectivity index (χ4n) is 2.23. The van der Waals surface area contributed by atoms with Crippen LogP contribution in [0.2, 0.25) is 0 Å². The molecule has 1 N–H and O–H groups in total. The molecule has 0 atom stereocenters. The van der Waals surface area contributed by atoms with E-state index < -0.39 is 0 Å². The normalized spacial score (nSPS) is 15.5. The van der Waals surface area contributed by atoms with Crippen molar-refractivity contribution in [3.63, 3.8) is 0 Å². The van der Waals surface area contributed by atoms with Gasteiger partial charge in [0.1, 0.15) is 5.82 Å². The Balaban J connectivity index is 1.99. The lowest BCUT2D eigenvalue weighted by Crippen LogP contribution is -2.30. The van der Waals surface area contributed by atoms with Crippen molar-refractivity contribution in [1.29, 1.82) is 0 Å². The zero-order valence-corrected chi connectivity index (χ0v) is 11.9. The van der Waals surface area contributed by atoms with Crippen LogP contribution < -0.4 is 10.2 Å². The second-order valence-corrected chi connectivity index (χ2v) is 4.76. The van der Waals surface area contributed by atoms with Gasteiger partial charge in [0.25, 0.3) is 0 Å². The number of nitrogens with one attached hydrogen (secondary N) is 1. The number of pyridine rings is 1. The molecule has 0 saturated heterocycles. The number of nitrogens with zero attached hydrogens (tertiary/aromatic N) is 2. The molecule has 0 aromatic carbocycles. The van der Waals surface area contributed by atoms with Crippen LogP contribution in [0.5, 0.6) is 0 Å². The molecule has 104 valence electrons. The van der Waals surface area contributed by atoms with Crippen molar-refractivity contribution in [2.24, 2.45) is 0 Å². The van der Waals surface area contributed by atoms with Crippen LogP contribution in [0.1, 0.15) is 19.0 Å².